The molecule has 15 atom stereocenters. The molecule has 0 aliphatic carbocycles. The number of carboxylic acid groups (broad SMARTS) is 1. The fraction of sp³-hybridized carbons (Fsp3) is 0.944. The molecule has 0 unspecified atom stereocenters. The zero-order chi connectivity index (χ0) is 26.2. The van der Waals surface area contributed by atoms with Gasteiger partial charge in [-0.05, 0) is 0 Å². The van der Waals surface area contributed by atoms with Crippen molar-refractivity contribution in [3.63, 3.8) is 0 Å². The second-order valence-electron chi connectivity index (χ2n) is 8.41. The van der Waals surface area contributed by atoms with E-state index in [1.807, 2.05) is 0 Å². The minimum atomic E-state index is -2.09. The van der Waals surface area contributed by atoms with Crippen LogP contribution in [0.3, 0.4) is 0 Å². The highest BCUT2D eigenvalue weighted by Crippen LogP contribution is 2.30. The van der Waals surface area contributed by atoms with Gasteiger partial charge in [0.1, 0.15) is 67.1 Å². The van der Waals surface area contributed by atoms with Gasteiger partial charge in [0.2, 0.25) is 0 Å². The van der Waals surface area contributed by atoms with Gasteiger partial charge in [0.25, 0.3) is 0 Å². The average Bonchev–Trinajstić information content (AvgIpc) is 2.82. The molecule has 11 N–H and O–H groups in total. The summed E-state index contributed by atoms with van der Waals surface area (Å²) in [7, 11) is 0. The molecule has 17 heteroatoms. The highest BCUT2D eigenvalue weighted by molar-refractivity contribution is 5.73. The summed E-state index contributed by atoms with van der Waals surface area (Å²) in [6.07, 6.45) is -27.2. The lowest BCUT2D eigenvalue weighted by molar-refractivity contribution is -0.360. The van der Waals surface area contributed by atoms with Gasteiger partial charge in [0, 0.05) is 0 Å². The van der Waals surface area contributed by atoms with Crippen LogP contribution < -0.4 is 0 Å². The van der Waals surface area contributed by atoms with Gasteiger partial charge in [-0.3, -0.25) is 0 Å². The predicted molar refractivity (Wildman–Crippen MR) is 102 cm³/mol. The third kappa shape index (κ3) is 5.74. The summed E-state index contributed by atoms with van der Waals surface area (Å²) in [6, 6.07) is 0. The van der Waals surface area contributed by atoms with Crippen LogP contribution in [-0.2, 0) is 28.5 Å². The second kappa shape index (κ2) is 11.5. The van der Waals surface area contributed by atoms with Gasteiger partial charge in [-0.2, -0.15) is 0 Å². The van der Waals surface area contributed by atoms with E-state index < -0.39 is 111 Å². The van der Waals surface area contributed by atoms with E-state index >= 15 is 0 Å². The molecule has 0 bridgehead atoms. The van der Waals surface area contributed by atoms with Crippen LogP contribution in [0.25, 0.3) is 0 Å². The van der Waals surface area contributed by atoms with Gasteiger partial charge in [-0.1, -0.05) is 0 Å². The van der Waals surface area contributed by atoms with Crippen molar-refractivity contribution in [1.82, 2.24) is 0 Å². The molecule has 3 heterocycles. The first-order valence-electron chi connectivity index (χ1n) is 10.6. The number of hydrogen-bond donors (Lipinski definition) is 11. The Hall–Kier alpha value is -1.13. The number of carbonyl (C=O) groups is 1. The Morgan fingerprint density at radius 2 is 1.20 bits per heavy atom. The molecule has 3 aliphatic rings. The predicted octanol–water partition coefficient (Wildman–Crippen LogP) is -7.48. The minimum Gasteiger partial charge on any atom is -0.479 e. The molecule has 0 amide bonds. The summed E-state index contributed by atoms with van der Waals surface area (Å²) < 4.78 is 25.6. The molecule has 204 valence electrons. The number of aliphatic hydroxyl groups excluding tert-OH is 10. The normalized spacial score (nSPS) is 51.2. The van der Waals surface area contributed by atoms with E-state index in [4.69, 9.17) is 24.1 Å². The molecule has 3 saturated heterocycles. The smallest absolute Gasteiger partial charge is 0.335 e. The van der Waals surface area contributed by atoms with E-state index in [9.17, 15) is 55.9 Å². The van der Waals surface area contributed by atoms with Crippen molar-refractivity contribution in [1.29, 1.82) is 0 Å². The Kier molecular flexibility index (Phi) is 9.35. The monoisotopic (exact) mass is 518 g/mol. The summed E-state index contributed by atoms with van der Waals surface area (Å²) in [4.78, 5) is 11.2. The number of carboxylic acids is 1. The van der Waals surface area contributed by atoms with Crippen LogP contribution in [0.1, 0.15) is 0 Å². The Labute approximate surface area is 196 Å². The van der Waals surface area contributed by atoms with E-state index in [1.54, 1.807) is 0 Å². The quantitative estimate of drug-likeness (QED) is 0.149. The highest BCUT2D eigenvalue weighted by Gasteiger charge is 2.52. The van der Waals surface area contributed by atoms with E-state index in [0.717, 1.165) is 0 Å². The van der Waals surface area contributed by atoms with Crippen molar-refractivity contribution in [2.75, 3.05) is 13.2 Å². The van der Waals surface area contributed by atoms with Crippen LogP contribution in [0.5, 0.6) is 0 Å². The largest absolute Gasteiger partial charge is 0.479 e. The van der Waals surface area contributed by atoms with Crippen molar-refractivity contribution >= 4 is 5.97 Å². The fourth-order valence-corrected chi connectivity index (χ4v) is 3.93. The molecule has 3 aliphatic heterocycles. The van der Waals surface area contributed by atoms with Crippen LogP contribution in [0, 0.1) is 0 Å². The summed E-state index contributed by atoms with van der Waals surface area (Å²) in [6.45, 7) is -1.40. The SMILES string of the molecule is O=C(O)[C@H]1O[C@@H](O)[C@H](O)[C@@H](O[C@@H]2O[C@H](CO[C@@H]3O[C@H](CO)[C@@H](O)[C@H](O)[C@H]3O)[C@@H](O)[C@H](O)[C@H]2O)[C@@H]1O. The van der Waals surface area contributed by atoms with Crippen LogP contribution in [0.15, 0.2) is 0 Å². The van der Waals surface area contributed by atoms with Gasteiger partial charge in [0.05, 0.1) is 13.2 Å². The maximum atomic E-state index is 11.2. The zero-order valence-electron chi connectivity index (χ0n) is 17.9. The van der Waals surface area contributed by atoms with Crippen LogP contribution >= 0.6 is 0 Å². The van der Waals surface area contributed by atoms with Gasteiger partial charge < -0.3 is 79.9 Å². The molecular weight excluding hydrogens is 488 g/mol. The Bertz CT molecular complexity index is 709. The van der Waals surface area contributed by atoms with Crippen LogP contribution in [0.4, 0.5) is 0 Å². The van der Waals surface area contributed by atoms with Gasteiger partial charge in [0.15, 0.2) is 25.0 Å². The minimum absolute atomic E-state index is 0.674. The highest BCUT2D eigenvalue weighted by atomic mass is 16.7. The molecule has 0 saturated carbocycles. The molecule has 0 aromatic rings. The lowest BCUT2D eigenvalue weighted by atomic mass is 9.96. The van der Waals surface area contributed by atoms with Crippen LogP contribution in [0.2, 0.25) is 0 Å². The first kappa shape index (κ1) is 28.4. The number of aliphatic carboxylic acids is 1. The molecule has 17 nitrogen and oxygen atoms in total. The van der Waals surface area contributed by atoms with E-state index in [0.29, 0.717) is 0 Å². The van der Waals surface area contributed by atoms with E-state index in [-0.39, 0.29) is 0 Å². The molecule has 35 heavy (non-hydrogen) atoms. The third-order valence-corrected chi connectivity index (χ3v) is 6.04. The molecule has 0 aromatic carbocycles. The summed E-state index contributed by atoms with van der Waals surface area (Å²) in [5.41, 5.74) is 0. The number of hydrogen-bond acceptors (Lipinski definition) is 16. The van der Waals surface area contributed by atoms with Crippen LogP contribution in [-0.4, -0.2) is 167 Å². The summed E-state index contributed by atoms with van der Waals surface area (Å²) >= 11 is 0. The van der Waals surface area contributed by atoms with E-state index in [1.165, 1.54) is 0 Å². The summed E-state index contributed by atoms with van der Waals surface area (Å²) in [5, 5.41) is 109. The standard InChI is InChI=1S/C18H30O17/c19-1-3-5(20)7(22)9(24)17(32-3)31-2-4-6(21)8(23)10(25)18(33-4)35-13-11(26)14(15(28)29)34-16(30)12(13)27/h3-14,16-27,30H,1-2H2,(H,28,29)/t3-,4-,5-,6-,7+,8+,9-,10-,11+,12-,13+,14+,16-,17-,18+/m1/s1. The van der Waals surface area contributed by atoms with Gasteiger partial charge in [-0.15, -0.1) is 0 Å². The molecule has 3 fully saturated rings. The maximum absolute atomic E-state index is 11.2. The van der Waals surface area contributed by atoms with Gasteiger partial charge >= 0.3 is 5.97 Å². The molecular formula is C18H30O17. The van der Waals surface area contributed by atoms with E-state index in [2.05, 4.69) is 4.74 Å². The molecule has 0 radical (unpaired) electrons. The zero-order valence-corrected chi connectivity index (χ0v) is 17.9. The Morgan fingerprint density at radius 3 is 1.77 bits per heavy atom. The number of ether oxygens (including phenoxy) is 5. The molecule has 0 spiro atoms. The number of aliphatic hydroxyl groups is 10. The summed E-state index contributed by atoms with van der Waals surface area (Å²) in [5.74, 6) is -1.69. The van der Waals surface area contributed by atoms with Crippen molar-refractivity contribution < 1.29 is 84.7 Å². The van der Waals surface area contributed by atoms with Gasteiger partial charge in [-0.25, -0.2) is 4.79 Å². The molecule has 3 rings (SSSR count). The lowest BCUT2D eigenvalue weighted by Crippen LogP contribution is -2.65. The fourth-order valence-electron chi connectivity index (χ4n) is 3.93. The molecule has 0 aromatic heterocycles. The van der Waals surface area contributed by atoms with Crippen molar-refractivity contribution in [2.45, 2.75) is 92.1 Å². The second-order valence-corrected chi connectivity index (χ2v) is 8.41. The maximum Gasteiger partial charge on any atom is 0.335 e. The first-order chi connectivity index (χ1) is 16.4. The Morgan fingerprint density at radius 1 is 0.657 bits per heavy atom. The van der Waals surface area contributed by atoms with Crippen molar-refractivity contribution in [3.8, 4) is 0 Å². The average molecular weight is 518 g/mol. The Balaban J connectivity index is 1.68. The third-order valence-electron chi connectivity index (χ3n) is 6.04. The number of rotatable bonds is 7. The van der Waals surface area contributed by atoms with Crippen molar-refractivity contribution in [3.05, 3.63) is 0 Å². The van der Waals surface area contributed by atoms with Crippen molar-refractivity contribution in [2.24, 2.45) is 0 Å². The lowest BCUT2D eigenvalue weighted by Gasteiger charge is -2.45. The topological polar surface area (TPSA) is 286 Å². The first-order valence-corrected chi connectivity index (χ1v) is 10.6.